The molecule has 5 rings (SSSR count). The van der Waals surface area contributed by atoms with Crippen molar-refractivity contribution < 1.29 is 9.53 Å². The molecule has 1 aliphatic heterocycles. The van der Waals surface area contributed by atoms with Gasteiger partial charge in [0.2, 0.25) is 0 Å². The zero-order chi connectivity index (χ0) is 22.0. The molecule has 1 N–H and O–H groups in total. The molecule has 1 aromatic carbocycles. The highest BCUT2D eigenvalue weighted by molar-refractivity contribution is 5.89. The van der Waals surface area contributed by atoms with E-state index in [4.69, 9.17) is 4.74 Å². The SMILES string of the molecule is Cc1ccccc1-c1ccc(NCC2CCC3(CC2)CN(c2cccnn2)C(=O)O3)nn1. The van der Waals surface area contributed by atoms with Gasteiger partial charge in [0.15, 0.2) is 5.82 Å². The summed E-state index contributed by atoms with van der Waals surface area (Å²) in [5.74, 6) is 1.83. The van der Waals surface area contributed by atoms with Crippen LogP contribution in [0.1, 0.15) is 31.2 Å². The van der Waals surface area contributed by atoms with Gasteiger partial charge in [-0.15, -0.1) is 15.3 Å². The molecule has 1 spiro atoms. The molecule has 0 radical (unpaired) electrons. The third-order valence-corrected chi connectivity index (χ3v) is 6.48. The van der Waals surface area contributed by atoms with Gasteiger partial charge in [0.25, 0.3) is 0 Å². The van der Waals surface area contributed by atoms with Crippen molar-refractivity contribution in [3.05, 3.63) is 60.3 Å². The van der Waals surface area contributed by atoms with Crippen LogP contribution in [0.25, 0.3) is 11.3 Å². The molecule has 0 atom stereocenters. The number of rotatable bonds is 5. The normalized spacial score (nSPS) is 22.7. The van der Waals surface area contributed by atoms with E-state index >= 15 is 0 Å². The van der Waals surface area contributed by atoms with E-state index in [1.54, 1.807) is 23.2 Å². The van der Waals surface area contributed by atoms with Crippen molar-refractivity contribution in [2.45, 2.75) is 38.2 Å². The molecule has 2 fully saturated rings. The lowest BCUT2D eigenvalue weighted by molar-refractivity contribution is 0.0148. The number of aryl methyl sites for hydroxylation is 1. The zero-order valence-electron chi connectivity index (χ0n) is 18.1. The van der Waals surface area contributed by atoms with Gasteiger partial charge >= 0.3 is 6.09 Å². The minimum Gasteiger partial charge on any atom is -0.441 e. The number of hydrogen-bond acceptors (Lipinski definition) is 7. The van der Waals surface area contributed by atoms with Gasteiger partial charge in [-0.3, -0.25) is 4.90 Å². The smallest absolute Gasteiger partial charge is 0.416 e. The van der Waals surface area contributed by atoms with Crippen LogP contribution in [0.3, 0.4) is 0 Å². The number of nitrogens with zero attached hydrogens (tertiary/aromatic N) is 5. The van der Waals surface area contributed by atoms with Gasteiger partial charge in [0.1, 0.15) is 11.4 Å². The Hall–Kier alpha value is -3.55. The van der Waals surface area contributed by atoms with Crippen LogP contribution in [0, 0.1) is 12.8 Å². The van der Waals surface area contributed by atoms with Gasteiger partial charge in [-0.2, -0.15) is 5.10 Å². The zero-order valence-corrected chi connectivity index (χ0v) is 18.1. The van der Waals surface area contributed by atoms with E-state index < -0.39 is 5.60 Å². The predicted molar refractivity (Wildman–Crippen MR) is 121 cm³/mol. The number of aromatic nitrogens is 4. The molecular formula is C24H26N6O2. The van der Waals surface area contributed by atoms with Crippen LogP contribution < -0.4 is 10.2 Å². The van der Waals surface area contributed by atoms with Crippen LogP contribution in [-0.4, -0.2) is 45.2 Å². The molecule has 3 heterocycles. The number of anilines is 2. The number of ether oxygens (including phenoxy) is 1. The molecule has 0 unspecified atom stereocenters. The molecule has 1 saturated heterocycles. The van der Waals surface area contributed by atoms with Crippen molar-refractivity contribution in [3.8, 4) is 11.3 Å². The number of carbonyl (C=O) groups is 1. The van der Waals surface area contributed by atoms with E-state index in [1.807, 2.05) is 24.3 Å². The van der Waals surface area contributed by atoms with Gasteiger partial charge in [0.05, 0.1) is 12.2 Å². The summed E-state index contributed by atoms with van der Waals surface area (Å²) < 4.78 is 5.81. The number of benzene rings is 1. The Labute approximate surface area is 187 Å². The Bertz CT molecular complexity index is 1080. The Morgan fingerprint density at radius 1 is 1.06 bits per heavy atom. The first-order valence-corrected chi connectivity index (χ1v) is 11.0. The summed E-state index contributed by atoms with van der Waals surface area (Å²) in [6.45, 7) is 3.44. The molecule has 2 aliphatic rings. The molecule has 8 heteroatoms. The Morgan fingerprint density at radius 2 is 1.91 bits per heavy atom. The number of amides is 1. The van der Waals surface area contributed by atoms with E-state index in [0.29, 0.717) is 18.3 Å². The maximum atomic E-state index is 12.4. The van der Waals surface area contributed by atoms with Crippen molar-refractivity contribution in [2.24, 2.45) is 5.92 Å². The molecule has 0 bridgehead atoms. The largest absolute Gasteiger partial charge is 0.441 e. The Balaban J connectivity index is 1.14. The van der Waals surface area contributed by atoms with Gasteiger partial charge in [-0.05, 0) is 68.4 Å². The van der Waals surface area contributed by atoms with Crippen molar-refractivity contribution in [2.75, 3.05) is 23.3 Å². The van der Waals surface area contributed by atoms with Crippen molar-refractivity contribution in [1.29, 1.82) is 0 Å². The highest BCUT2D eigenvalue weighted by Crippen LogP contribution is 2.40. The fourth-order valence-corrected chi connectivity index (χ4v) is 4.58. The maximum absolute atomic E-state index is 12.4. The summed E-state index contributed by atoms with van der Waals surface area (Å²) in [7, 11) is 0. The van der Waals surface area contributed by atoms with Crippen LogP contribution in [0.15, 0.2) is 54.7 Å². The van der Waals surface area contributed by atoms with E-state index in [2.05, 4.69) is 44.8 Å². The summed E-state index contributed by atoms with van der Waals surface area (Å²) in [4.78, 5) is 14.0. The summed E-state index contributed by atoms with van der Waals surface area (Å²) in [6, 6.07) is 15.7. The number of carbonyl (C=O) groups excluding carboxylic acids is 1. The second-order valence-corrected chi connectivity index (χ2v) is 8.66. The quantitative estimate of drug-likeness (QED) is 0.647. The van der Waals surface area contributed by atoms with E-state index in [9.17, 15) is 4.79 Å². The Kier molecular flexibility index (Phi) is 5.43. The van der Waals surface area contributed by atoms with Crippen LogP contribution in [0.2, 0.25) is 0 Å². The van der Waals surface area contributed by atoms with Crippen LogP contribution in [0.5, 0.6) is 0 Å². The van der Waals surface area contributed by atoms with E-state index in [-0.39, 0.29) is 6.09 Å². The summed E-state index contributed by atoms with van der Waals surface area (Å²) in [5, 5.41) is 20.1. The highest BCUT2D eigenvalue weighted by Gasteiger charge is 2.48. The maximum Gasteiger partial charge on any atom is 0.416 e. The van der Waals surface area contributed by atoms with E-state index in [0.717, 1.165) is 49.3 Å². The minimum atomic E-state index is -0.417. The minimum absolute atomic E-state index is 0.328. The van der Waals surface area contributed by atoms with Crippen LogP contribution >= 0.6 is 0 Å². The first-order chi connectivity index (χ1) is 15.6. The van der Waals surface area contributed by atoms with Crippen LogP contribution in [0.4, 0.5) is 16.4 Å². The lowest BCUT2D eigenvalue weighted by atomic mass is 9.78. The molecule has 32 heavy (non-hydrogen) atoms. The van der Waals surface area contributed by atoms with Crippen molar-refractivity contribution in [1.82, 2.24) is 20.4 Å². The Morgan fingerprint density at radius 3 is 2.62 bits per heavy atom. The van der Waals surface area contributed by atoms with Crippen LogP contribution in [-0.2, 0) is 4.74 Å². The second-order valence-electron chi connectivity index (χ2n) is 8.66. The number of hydrogen-bond donors (Lipinski definition) is 1. The topological polar surface area (TPSA) is 93.1 Å². The highest BCUT2D eigenvalue weighted by atomic mass is 16.6. The summed E-state index contributed by atoms with van der Waals surface area (Å²) >= 11 is 0. The molecule has 3 aromatic rings. The fourth-order valence-electron chi connectivity index (χ4n) is 4.58. The molecule has 8 nitrogen and oxygen atoms in total. The number of nitrogens with one attached hydrogen (secondary N) is 1. The van der Waals surface area contributed by atoms with Gasteiger partial charge in [-0.1, -0.05) is 24.3 Å². The second kappa shape index (κ2) is 8.53. The molecule has 1 aliphatic carbocycles. The molecule has 2 aromatic heterocycles. The molecular weight excluding hydrogens is 404 g/mol. The monoisotopic (exact) mass is 430 g/mol. The first kappa shape index (κ1) is 20.4. The van der Waals surface area contributed by atoms with Gasteiger partial charge in [0, 0.05) is 18.3 Å². The van der Waals surface area contributed by atoms with Crippen molar-refractivity contribution in [3.63, 3.8) is 0 Å². The molecule has 164 valence electrons. The third kappa shape index (κ3) is 4.12. The van der Waals surface area contributed by atoms with Crippen molar-refractivity contribution >= 4 is 17.7 Å². The summed E-state index contributed by atoms with van der Waals surface area (Å²) in [5.41, 5.74) is 2.75. The standard InChI is InChI=1S/C24H26N6O2/c1-17-5-2-3-6-19(17)20-8-9-21(28-27-20)25-15-18-10-12-24(13-11-18)16-30(23(31)32-24)22-7-4-14-26-29-22/h2-9,14,18H,10-13,15-16H2,1H3,(H,25,28). The lowest BCUT2D eigenvalue weighted by Crippen LogP contribution is -2.39. The average molecular weight is 431 g/mol. The van der Waals surface area contributed by atoms with Gasteiger partial charge < -0.3 is 10.1 Å². The average Bonchev–Trinajstić information content (AvgIpc) is 3.16. The first-order valence-electron chi connectivity index (χ1n) is 11.0. The lowest BCUT2D eigenvalue weighted by Gasteiger charge is -2.35. The van der Waals surface area contributed by atoms with Gasteiger partial charge in [-0.25, -0.2) is 4.79 Å². The predicted octanol–water partition coefficient (Wildman–Crippen LogP) is 4.24. The molecule has 1 amide bonds. The third-order valence-electron chi connectivity index (χ3n) is 6.48. The summed E-state index contributed by atoms with van der Waals surface area (Å²) in [6.07, 6.45) is 4.94. The molecule has 1 saturated carbocycles. The fraction of sp³-hybridized carbons (Fsp3) is 0.375. The van der Waals surface area contributed by atoms with E-state index in [1.165, 1.54) is 5.56 Å².